The molecule has 1 unspecified atom stereocenters. The Kier molecular flexibility index (Phi) is 7.61. The van der Waals surface area contributed by atoms with Gasteiger partial charge in [-0.3, -0.25) is 4.90 Å². The molecule has 0 bridgehead atoms. The van der Waals surface area contributed by atoms with Crippen LogP contribution in [-0.4, -0.2) is 47.6 Å². The Morgan fingerprint density at radius 1 is 0.972 bits per heavy atom. The van der Waals surface area contributed by atoms with Crippen molar-refractivity contribution in [3.05, 3.63) is 89.2 Å². The number of fused-ring (bicyclic) bond motifs is 1. The quantitative estimate of drug-likeness (QED) is 0.447. The first-order valence-corrected chi connectivity index (χ1v) is 13.6. The summed E-state index contributed by atoms with van der Waals surface area (Å²) in [6, 6.07) is 18.5. The van der Waals surface area contributed by atoms with E-state index in [0.29, 0.717) is 12.2 Å². The minimum atomic E-state index is -3.96. The van der Waals surface area contributed by atoms with E-state index in [1.807, 2.05) is 38.2 Å². The fourth-order valence-corrected chi connectivity index (χ4v) is 5.93. The summed E-state index contributed by atoms with van der Waals surface area (Å²) < 4.78 is 40.7. The highest BCUT2D eigenvalue weighted by molar-refractivity contribution is 7.94. The van der Waals surface area contributed by atoms with Crippen molar-refractivity contribution in [3.8, 4) is 0 Å². The Balaban J connectivity index is 1.54. The lowest BCUT2D eigenvalue weighted by Crippen LogP contribution is -2.45. The molecule has 0 spiro atoms. The van der Waals surface area contributed by atoms with Crippen molar-refractivity contribution in [2.24, 2.45) is 0 Å². The molecule has 9 heteroatoms. The van der Waals surface area contributed by atoms with Crippen LogP contribution in [0.15, 0.2) is 71.6 Å². The topological polar surface area (TPSA) is 55.9 Å². The number of halogens is 2. The van der Waals surface area contributed by atoms with Crippen LogP contribution in [0.2, 0.25) is 0 Å². The molecule has 0 fully saturated rings. The number of rotatable bonds is 7. The summed E-state index contributed by atoms with van der Waals surface area (Å²) in [5.74, 6) is -0.287. The SMILES string of the molecule is CN(Cc1ccc(S(=O)(=O)N(Cl)c2ccc3c(c2)CCNCC3(C)N(C)C)cc1)c1ccc(F)cc1. The van der Waals surface area contributed by atoms with Gasteiger partial charge in [-0.15, -0.1) is 0 Å². The summed E-state index contributed by atoms with van der Waals surface area (Å²) in [7, 11) is 2.03. The molecular weight excluding hydrogens is 499 g/mol. The average molecular weight is 531 g/mol. The molecule has 3 aromatic carbocycles. The predicted molar refractivity (Wildman–Crippen MR) is 145 cm³/mol. The molecule has 36 heavy (non-hydrogen) atoms. The molecule has 1 N–H and O–H groups in total. The lowest BCUT2D eigenvalue weighted by molar-refractivity contribution is 0.173. The zero-order chi connectivity index (χ0) is 26.1. The van der Waals surface area contributed by atoms with Gasteiger partial charge >= 0.3 is 0 Å². The maximum absolute atomic E-state index is 13.3. The van der Waals surface area contributed by atoms with Crippen molar-refractivity contribution in [3.63, 3.8) is 0 Å². The van der Waals surface area contributed by atoms with Crippen molar-refractivity contribution >= 4 is 33.2 Å². The normalized spacial score (nSPS) is 18.0. The van der Waals surface area contributed by atoms with Crippen molar-refractivity contribution in [1.82, 2.24) is 10.2 Å². The summed E-state index contributed by atoms with van der Waals surface area (Å²) in [6.07, 6.45) is 0.785. The van der Waals surface area contributed by atoms with Crippen LogP contribution in [0.5, 0.6) is 0 Å². The van der Waals surface area contributed by atoms with E-state index in [2.05, 4.69) is 17.1 Å². The third-order valence-electron chi connectivity index (χ3n) is 7.02. The minimum absolute atomic E-state index is 0.112. The van der Waals surface area contributed by atoms with E-state index in [1.165, 1.54) is 17.7 Å². The van der Waals surface area contributed by atoms with Crippen LogP contribution >= 0.6 is 11.8 Å². The van der Waals surface area contributed by atoms with Crippen LogP contribution in [-0.2, 0) is 28.5 Å². The minimum Gasteiger partial charge on any atom is -0.370 e. The molecule has 0 aliphatic carbocycles. The number of anilines is 2. The highest BCUT2D eigenvalue weighted by atomic mass is 35.5. The third-order valence-corrected chi connectivity index (χ3v) is 9.26. The van der Waals surface area contributed by atoms with Gasteiger partial charge in [0.25, 0.3) is 10.0 Å². The van der Waals surface area contributed by atoms with E-state index in [-0.39, 0.29) is 16.3 Å². The van der Waals surface area contributed by atoms with Crippen molar-refractivity contribution < 1.29 is 12.8 Å². The van der Waals surface area contributed by atoms with Crippen LogP contribution in [0.1, 0.15) is 23.6 Å². The third kappa shape index (κ3) is 5.22. The smallest absolute Gasteiger partial charge is 0.278 e. The van der Waals surface area contributed by atoms with Crippen LogP contribution in [0, 0.1) is 5.82 Å². The largest absolute Gasteiger partial charge is 0.370 e. The average Bonchev–Trinajstić information content (AvgIpc) is 3.03. The van der Waals surface area contributed by atoms with Crippen LogP contribution < -0.4 is 14.0 Å². The number of hydrogen-bond donors (Lipinski definition) is 1. The van der Waals surface area contributed by atoms with Gasteiger partial charge in [-0.1, -0.05) is 18.2 Å². The number of benzene rings is 3. The number of nitrogens with one attached hydrogen (secondary N) is 1. The maximum Gasteiger partial charge on any atom is 0.278 e. The highest BCUT2D eigenvalue weighted by Gasteiger charge is 2.33. The van der Waals surface area contributed by atoms with Gasteiger partial charge in [-0.05, 0) is 99.2 Å². The second-order valence-corrected chi connectivity index (χ2v) is 12.0. The molecule has 1 aliphatic rings. The molecule has 0 saturated heterocycles. The van der Waals surface area contributed by atoms with Gasteiger partial charge in [-0.2, -0.15) is 12.2 Å². The van der Waals surface area contributed by atoms with Gasteiger partial charge in [0, 0.05) is 37.6 Å². The van der Waals surface area contributed by atoms with Gasteiger partial charge in [0.15, 0.2) is 0 Å². The van der Waals surface area contributed by atoms with E-state index < -0.39 is 10.0 Å². The first kappa shape index (κ1) is 26.4. The molecule has 3 aromatic rings. The van der Waals surface area contributed by atoms with Gasteiger partial charge in [0.2, 0.25) is 0 Å². The van der Waals surface area contributed by atoms with Gasteiger partial charge in [0.1, 0.15) is 5.82 Å². The molecule has 1 heterocycles. The van der Waals surface area contributed by atoms with Crippen molar-refractivity contribution in [1.29, 1.82) is 0 Å². The number of likely N-dealkylation sites (N-methyl/N-ethyl adjacent to an activating group) is 1. The van der Waals surface area contributed by atoms with Crippen LogP contribution in [0.25, 0.3) is 0 Å². The fourth-order valence-electron chi connectivity index (χ4n) is 4.53. The Bertz CT molecular complexity index is 1320. The molecule has 1 atom stereocenters. The van der Waals surface area contributed by atoms with E-state index >= 15 is 0 Å². The lowest BCUT2D eigenvalue weighted by atomic mass is 9.87. The molecule has 1 aliphatic heterocycles. The molecular formula is C27H32ClFN4O2S. The summed E-state index contributed by atoms with van der Waals surface area (Å²) >= 11 is 6.45. The Labute approximate surface area is 218 Å². The van der Waals surface area contributed by atoms with Gasteiger partial charge < -0.3 is 10.2 Å². The molecule has 0 aromatic heterocycles. The second kappa shape index (κ2) is 10.4. The summed E-state index contributed by atoms with van der Waals surface area (Å²) in [4.78, 5) is 4.25. The van der Waals surface area contributed by atoms with Crippen LogP contribution in [0.4, 0.5) is 15.8 Å². The van der Waals surface area contributed by atoms with Crippen molar-refractivity contribution in [2.45, 2.75) is 30.3 Å². The number of sulfonamides is 1. The van der Waals surface area contributed by atoms with Crippen LogP contribution in [0.3, 0.4) is 0 Å². The first-order valence-electron chi connectivity index (χ1n) is 11.8. The van der Waals surface area contributed by atoms with E-state index in [0.717, 1.165) is 40.1 Å². The summed E-state index contributed by atoms with van der Waals surface area (Å²) in [5, 5.41) is 3.48. The standard InChI is InChI=1S/C27H32ClFN4O2S/c1-27(31(2)3)19-30-16-15-21-17-24(11-14-26(21)27)33(28)36(34,35)25-12-5-20(6-13-25)18-32(4)23-9-7-22(29)8-10-23/h5-14,17,30H,15-16,18-19H2,1-4H3. The molecule has 4 rings (SSSR count). The van der Waals surface area contributed by atoms with E-state index in [9.17, 15) is 12.8 Å². The molecule has 0 radical (unpaired) electrons. The fraction of sp³-hybridized carbons (Fsp3) is 0.333. The second-order valence-electron chi connectivity index (χ2n) is 9.63. The monoisotopic (exact) mass is 530 g/mol. The Morgan fingerprint density at radius 2 is 1.61 bits per heavy atom. The maximum atomic E-state index is 13.3. The number of nitrogens with zero attached hydrogens (tertiary/aromatic N) is 3. The first-order chi connectivity index (χ1) is 17.0. The lowest BCUT2D eigenvalue weighted by Gasteiger charge is -2.37. The van der Waals surface area contributed by atoms with Gasteiger partial charge in [0.05, 0.1) is 16.1 Å². The molecule has 192 valence electrons. The van der Waals surface area contributed by atoms with Gasteiger partial charge in [-0.25, -0.2) is 4.39 Å². The molecule has 0 saturated carbocycles. The molecule has 0 amide bonds. The summed E-state index contributed by atoms with van der Waals surface area (Å²) in [5.41, 5.74) is 4.23. The van der Waals surface area contributed by atoms with E-state index in [1.54, 1.807) is 42.5 Å². The predicted octanol–water partition coefficient (Wildman–Crippen LogP) is 4.73. The Hall–Kier alpha value is -2.65. The molecule has 6 nitrogen and oxygen atoms in total. The summed E-state index contributed by atoms with van der Waals surface area (Å²) in [6.45, 7) is 4.33. The zero-order valence-electron chi connectivity index (χ0n) is 21.0. The van der Waals surface area contributed by atoms with Crippen molar-refractivity contribution in [2.75, 3.05) is 43.0 Å². The highest BCUT2D eigenvalue weighted by Crippen LogP contribution is 2.35. The zero-order valence-corrected chi connectivity index (χ0v) is 22.6. The number of hydrogen-bond acceptors (Lipinski definition) is 5. The van der Waals surface area contributed by atoms with E-state index in [4.69, 9.17) is 11.8 Å². The Morgan fingerprint density at radius 3 is 2.25 bits per heavy atom.